The molecule has 0 saturated carbocycles. The number of rotatable bonds is 3. The highest BCUT2D eigenvalue weighted by molar-refractivity contribution is 7.99. The molecular formula is C12H20S2. The third-order valence-electron chi connectivity index (χ3n) is 1.96. The largest absolute Gasteiger partial charge is 0.154 e. The molecule has 1 rings (SSSR count). The summed E-state index contributed by atoms with van der Waals surface area (Å²) in [6.45, 7) is 11.3. The molecule has 0 atom stereocenters. The molecule has 0 unspecified atom stereocenters. The van der Waals surface area contributed by atoms with Gasteiger partial charge < -0.3 is 0 Å². The highest BCUT2D eigenvalue weighted by Crippen LogP contribution is 2.31. The highest BCUT2D eigenvalue weighted by atomic mass is 32.2. The first-order valence-electron chi connectivity index (χ1n) is 5.10. The van der Waals surface area contributed by atoms with E-state index in [9.17, 15) is 0 Å². The molecule has 0 radical (unpaired) electrons. The first-order valence-corrected chi connectivity index (χ1v) is 6.97. The lowest BCUT2D eigenvalue weighted by Gasteiger charge is -2.15. The fraction of sp³-hybridized carbons (Fsp3) is 0.667. The average Bonchev–Trinajstić information content (AvgIpc) is 2.47. The molecule has 0 nitrogen and oxygen atoms in total. The van der Waals surface area contributed by atoms with Crippen molar-refractivity contribution >= 4 is 23.1 Å². The summed E-state index contributed by atoms with van der Waals surface area (Å²) in [7, 11) is 0. The zero-order valence-electron chi connectivity index (χ0n) is 9.76. The van der Waals surface area contributed by atoms with Crippen LogP contribution in [0.25, 0.3) is 0 Å². The molecular weight excluding hydrogens is 208 g/mol. The summed E-state index contributed by atoms with van der Waals surface area (Å²) in [6.07, 6.45) is 0. The minimum absolute atomic E-state index is 0.311. The van der Waals surface area contributed by atoms with E-state index in [-0.39, 0.29) is 0 Å². The lowest BCUT2D eigenvalue weighted by molar-refractivity contribution is 0.604. The smallest absolute Gasteiger partial charge is 0.0281 e. The van der Waals surface area contributed by atoms with Crippen LogP contribution in [0.4, 0.5) is 0 Å². The summed E-state index contributed by atoms with van der Waals surface area (Å²) in [6, 6.07) is 4.56. The zero-order valence-corrected chi connectivity index (χ0v) is 11.4. The van der Waals surface area contributed by atoms with Crippen molar-refractivity contribution in [2.24, 2.45) is 0 Å². The Kier molecular flexibility index (Phi) is 4.08. The predicted molar refractivity (Wildman–Crippen MR) is 69.5 cm³/mol. The van der Waals surface area contributed by atoms with E-state index in [1.807, 2.05) is 23.1 Å². The Morgan fingerprint density at radius 1 is 1.29 bits per heavy atom. The predicted octanol–water partition coefficient (Wildman–Crippen LogP) is 4.69. The van der Waals surface area contributed by atoms with E-state index in [0.29, 0.717) is 5.41 Å². The van der Waals surface area contributed by atoms with Crippen LogP contribution in [-0.4, -0.2) is 5.25 Å². The number of thioether (sulfide) groups is 1. The van der Waals surface area contributed by atoms with Crippen molar-refractivity contribution in [3.05, 3.63) is 21.9 Å². The lowest BCUT2D eigenvalue weighted by atomic mass is 9.95. The Hall–Kier alpha value is 0.0500. The second kappa shape index (κ2) is 4.71. The molecule has 14 heavy (non-hydrogen) atoms. The van der Waals surface area contributed by atoms with E-state index >= 15 is 0 Å². The molecule has 0 fully saturated rings. The summed E-state index contributed by atoms with van der Waals surface area (Å²) in [5.74, 6) is 1.17. The van der Waals surface area contributed by atoms with Crippen LogP contribution >= 0.6 is 23.1 Å². The highest BCUT2D eigenvalue weighted by Gasteiger charge is 2.15. The molecule has 0 amide bonds. The van der Waals surface area contributed by atoms with Gasteiger partial charge in [-0.05, 0) is 22.8 Å². The molecule has 1 aromatic heterocycles. The standard InChI is InChI=1S/C12H20S2/c1-9(2)13-8-10-6-7-11(14-10)12(3,4)5/h6-7,9H,8H2,1-5H3. The van der Waals surface area contributed by atoms with E-state index in [0.717, 1.165) is 5.25 Å². The van der Waals surface area contributed by atoms with Crippen LogP contribution in [0.15, 0.2) is 12.1 Å². The zero-order chi connectivity index (χ0) is 10.8. The van der Waals surface area contributed by atoms with Crippen LogP contribution in [0.1, 0.15) is 44.4 Å². The van der Waals surface area contributed by atoms with Gasteiger partial charge in [0.25, 0.3) is 0 Å². The van der Waals surface area contributed by atoms with Crippen LogP contribution in [-0.2, 0) is 11.2 Å². The van der Waals surface area contributed by atoms with E-state index in [4.69, 9.17) is 0 Å². The van der Waals surface area contributed by atoms with Gasteiger partial charge in [-0.1, -0.05) is 34.6 Å². The first kappa shape index (κ1) is 12.1. The van der Waals surface area contributed by atoms with Crippen LogP contribution in [0.3, 0.4) is 0 Å². The molecule has 0 spiro atoms. The summed E-state index contributed by atoms with van der Waals surface area (Å²) in [5, 5.41) is 0.732. The van der Waals surface area contributed by atoms with Crippen molar-refractivity contribution in [2.75, 3.05) is 0 Å². The molecule has 80 valence electrons. The maximum Gasteiger partial charge on any atom is 0.0281 e. The summed E-state index contributed by atoms with van der Waals surface area (Å²) < 4.78 is 0. The summed E-state index contributed by atoms with van der Waals surface area (Å²) >= 11 is 3.98. The molecule has 0 aliphatic rings. The number of hydrogen-bond donors (Lipinski definition) is 0. The fourth-order valence-electron chi connectivity index (χ4n) is 1.11. The molecule has 1 heterocycles. The van der Waals surface area contributed by atoms with Crippen molar-refractivity contribution in [1.82, 2.24) is 0 Å². The van der Waals surface area contributed by atoms with Gasteiger partial charge in [0.05, 0.1) is 0 Å². The van der Waals surface area contributed by atoms with Crippen molar-refractivity contribution in [1.29, 1.82) is 0 Å². The van der Waals surface area contributed by atoms with Gasteiger partial charge in [-0.25, -0.2) is 0 Å². The summed E-state index contributed by atoms with van der Waals surface area (Å²) in [5.41, 5.74) is 0.311. The Labute approximate surface area is 96.1 Å². The Bertz CT molecular complexity index is 279. The Balaban J connectivity index is 2.60. The van der Waals surface area contributed by atoms with Gasteiger partial charge in [-0.3, -0.25) is 0 Å². The number of thiophene rings is 1. The van der Waals surface area contributed by atoms with Gasteiger partial charge in [0, 0.05) is 15.5 Å². The minimum atomic E-state index is 0.311. The molecule has 0 bridgehead atoms. The average molecular weight is 228 g/mol. The third kappa shape index (κ3) is 3.66. The normalized spacial score (nSPS) is 12.4. The van der Waals surface area contributed by atoms with Crippen molar-refractivity contribution in [3.63, 3.8) is 0 Å². The second-order valence-corrected chi connectivity index (χ2v) is 7.61. The van der Waals surface area contributed by atoms with Crippen molar-refractivity contribution in [2.45, 2.75) is 51.0 Å². The lowest BCUT2D eigenvalue weighted by Crippen LogP contribution is -2.07. The SMILES string of the molecule is CC(C)SCc1ccc(C(C)(C)C)s1. The Morgan fingerprint density at radius 3 is 2.36 bits per heavy atom. The fourth-order valence-corrected chi connectivity index (χ4v) is 3.00. The number of hydrogen-bond acceptors (Lipinski definition) is 2. The molecule has 0 aliphatic heterocycles. The third-order valence-corrected chi connectivity index (χ3v) is 4.80. The van der Waals surface area contributed by atoms with Gasteiger partial charge in [0.15, 0.2) is 0 Å². The van der Waals surface area contributed by atoms with Crippen LogP contribution in [0.5, 0.6) is 0 Å². The maximum atomic E-state index is 2.28. The monoisotopic (exact) mass is 228 g/mol. The molecule has 0 saturated heterocycles. The topological polar surface area (TPSA) is 0 Å². The first-order chi connectivity index (χ1) is 6.39. The van der Waals surface area contributed by atoms with Crippen LogP contribution in [0, 0.1) is 0 Å². The molecule has 0 aromatic carbocycles. The van der Waals surface area contributed by atoms with Crippen molar-refractivity contribution < 1.29 is 0 Å². The second-order valence-electron chi connectivity index (χ2n) is 4.88. The van der Waals surface area contributed by atoms with Gasteiger partial charge in [-0.2, -0.15) is 11.8 Å². The molecule has 0 N–H and O–H groups in total. The van der Waals surface area contributed by atoms with Gasteiger partial charge in [-0.15, -0.1) is 11.3 Å². The molecule has 0 aliphatic carbocycles. The quantitative estimate of drug-likeness (QED) is 0.723. The van der Waals surface area contributed by atoms with E-state index in [1.54, 1.807) is 0 Å². The van der Waals surface area contributed by atoms with E-state index < -0.39 is 0 Å². The molecule has 1 aromatic rings. The van der Waals surface area contributed by atoms with Crippen LogP contribution < -0.4 is 0 Å². The van der Waals surface area contributed by atoms with E-state index in [1.165, 1.54) is 15.5 Å². The molecule has 2 heteroatoms. The van der Waals surface area contributed by atoms with Gasteiger partial charge >= 0.3 is 0 Å². The minimum Gasteiger partial charge on any atom is -0.154 e. The Morgan fingerprint density at radius 2 is 1.93 bits per heavy atom. The van der Waals surface area contributed by atoms with Gasteiger partial charge in [0.1, 0.15) is 0 Å². The van der Waals surface area contributed by atoms with E-state index in [2.05, 4.69) is 46.8 Å². The van der Waals surface area contributed by atoms with Crippen molar-refractivity contribution in [3.8, 4) is 0 Å². The maximum absolute atomic E-state index is 2.28. The summed E-state index contributed by atoms with van der Waals surface area (Å²) in [4.78, 5) is 3.01. The van der Waals surface area contributed by atoms with Crippen LogP contribution in [0.2, 0.25) is 0 Å². The van der Waals surface area contributed by atoms with Gasteiger partial charge in [0.2, 0.25) is 0 Å².